The van der Waals surface area contributed by atoms with Crippen molar-refractivity contribution in [3.05, 3.63) is 59.2 Å². The van der Waals surface area contributed by atoms with Gasteiger partial charge >= 0.3 is 5.97 Å². The smallest absolute Gasteiger partial charge is 0.321 e. The molecule has 28 heavy (non-hydrogen) atoms. The topological polar surface area (TPSA) is 67.8 Å². The van der Waals surface area contributed by atoms with Crippen LogP contribution in [0.5, 0.6) is 11.5 Å². The summed E-state index contributed by atoms with van der Waals surface area (Å²) in [5, 5.41) is 12.2. The monoisotopic (exact) mass is 401 g/mol. The molecule has 0 radical (unpaired) electrons. The Balaban J connectivity index is 1.44. The second-order valence-corrected chi connectivity index (χ2v) is 8.35. The number of thioether (sulfide) groups is 1. The third kappa shape index (κ3) is 5.20. The van der Waals surface area contributed by atoms with Crippen molar-refractivity contribution in [3.63, 3.8) is 0 Å². The lowest BCUT2D eigenvalue weighted by Crippen LogP contribution is -2.33. The molecule has 5 nitrogen and oxygen atoms in total. The molecule has 2 atom stereocenters. The molecule has 1 heterocycles. The number of ether oxygens (including phenoxy) is 2. The minimum Gasteiger partial charge on any atom is -0.490 e. The van der Waals surface area contributed by atoms with Crippen LogP contribution in [0, 0.1) is 6.92 Å². The van der Waals surface area contributed by atoms with E-state index < -0.39 is 12.0 Å². The summed E-state index contributed by atoms with van der Waals surface area (Å²) >= 11 is 1.61. The van der Waals surface area contributed by atoms with Gasteiger partial charge in [0.15, 0.2) is 0 Å². The fraction of sp³-hybridized carbons (Fsp3) is 0.409. The first-order chi connectivity index (χ1) is 13.4. The van der Waals surface area contributed by atoms with E-state index in [9.17, 15) is 4.79 Å². The summed E-state index contributed by atoms with van der Waals surface area (Å²) in [7, 11) is 0. The number of hydrogen-bond donors (Lipinski definition) is 2. The van der Waals surface area contributed by atoms with Gasteiger partial charge in [-0.2, -0.15) is 0 Å². The molecular weight excluding hydrogens is 374 g/mol. The molecule has 1 aliphatic rings. The van der Waals surface area contributed by atoms with Gasteiger partial charge in [-0.05, 0) is 53.8 Å². The Labute approximate surface area is 170 Å². The number of aliphatic carboxylic acids is 1. The molecule has 2 aromatic carbocycles. The Kier molecular flexibility index (Phi) is 6.86. The average molecular weight is 402 g/mol. The summed E-state index contributed by atoms with van der Waals surface area (Å²) in [5.41, 5.74) is 3.64. The maximum Gasteiger partial charge on any atom is 0.321 e. The zero-order valence-corrected chi connectivity index (χ0v) is 17.3. The highest BCUT2D eigenvalue weighted by Gasteiger charge is 2.30. The van der Waals surface area contributed by atoms with Crippen molar-refractivity contribution in [1.29, 1.82) is 0 Å². The van der Waals surface area contributed by atoms with E-state index in [1.165, 1.54) is 11.1 Å². The molecule has 0 spiro atoms. The molecule has 0 bridgehead atoms. The molecule has 3 rings (SSSR count). The van der Waals surface area contributed by atoms with E-state index in [-0.39, 0.29) is 5.37 Å². The van der Waals surface area contributed by atoms with Gasteiger partial charge in [0, 0.05) is 5.75 Å². The van der Waals surface area contributed by atoms with Gasteiger partial charge in [0.2, 0.25) is 0 Å². The third-order valence-electron chi connectivity index (χ3n) is 4.75. The van der Waals surface area contributed by atoms with Crippen LogP contribution in [0.3, 0.4) is 0 Å². The fourth-order valence-electron chi connectivity index (χ4n) is 3.25. The predicted octanol–water partition coefficient (Wildman–Crippen LogP) is 4.36. The molecule has 0 aliphatic carbocycles. The molecule has 2 aromatic rings. The number of hydrogen-bond acceptors (Lipinski definition) is 5. The molecule has 0 saturated carbocycles. The number of carboxylic acid groups (broad SMARTS) is 1. The van der Waals surface area contributed by atoms with Gasteiger partial charge in [-0.3, -0.25) is 10.1 Å². The lowest BCUT2D eigenvalue weighted by Gasteiger charge is -2.14. The van der Waals surface area contributed by atoms with Gasteiger partial charge in [0.25, 0.3) is 0 Å². The Bertz CT molecular complexity index is 807. The first kappa shape index (κ1) is 20.6. The summed E-state index contributed by atoms with van der Waals surface area (Å²) in [6.07, 6.45) is 0. The fourth-order valence-corrected chi connectivity index (χ4v) is 4.48. The van der Waals surface area contributed by atoms with Crippen LogP contribution in [-0.4, -0.2) is 36.1 Å². The van der Waals surface area contributed by atoms with E-state index in [0.29, 0.717) is 24.9 Å². The van der Waals surface area contributed by atoms with Gasteiger partial charge < -0.3 is 14.6 Å². The lowest BCUT2D eigenvalue weighted by atomic mass is 9.98. The van der Waals surface area contributed by atoms with Crippen LogP contribution >= 0.6 is 11.8 Å². The standard InChI is InChI=1S/C22H27NO4S/c1-14(2)19-9-8-18(12-15(19)3)27-11-10-26-17-6-4-16(5-7-17)21-23-20(13-28-21)22(24)25/h4-9,12,14,20-21,23H,10-11,13H2,1-3H3,(H,24,25). The highest BCUT2D eigenvalue weighted by atomic mass is 32.2. The minimum atomic E-state index is -0.802. The maximum absolute atomic E-state index is 11.0. The van der Waals surface area contributed by atoms with Crippen LogP contribution in [0.25, 0.3) is 0 Å². The van der Waals surface area contributed by atoms with E-state index in [1.54, 1.807) is 11.8 Å². The number of carboxylic acids is 1. The Hall–Kier alpha value is -2.18. The molecule has 2 unspecified atom stereocenters. The molecule has 1 aliphatic heterocycles. The van der Waals surface area contributed by atoms with Gasteiger partial charge in [-0.15, -0.1) is 11.8 Å². The zero-order valence-electron chi connectivity index (χ0n) is 16.5. The normalized spacial score (nSPS) is 19.0. The first-order valence-electron chi connectivity index (χ1n) is 9.50. The summed E-state index contributed by atoms with van der Waals surface area (Å²) in [5.74, 6) is 1.92. The molecular formula is C22H27NO4S. The van der Waals surface area contributed by atoms with Gasteiger partial charge in [0.1, 0.15) is 30.8 Å². The van der Waals surface area contributed by atoms with Crippen molar-refractivity contribution in [2.45, 2.75) is 38.1 Å². The summed E-state index contributed by atoms with van der Waals surface area (Å²) in [6, 6.07) is 13.5. The zero-order chi connectivity index (χ0) is 20.1. The van der Waals surface area contributed by atoms with Crippen LogP contribution in [-0.2, 0) is 4.79 Å². The number of rotatable bonds is 8. The minimum absolute atomic E-state index is 0.00975. The molecule has 0 amide bonds. The van der Waals surface area contributed by atoms with E-state index in [2.05, 4.69) is 38.2 Å². The molecule has 1 saturated heterocycles. The van der Waals surface area contributed by atoms with Gasteiger partial charge in [-0.1, -0.05) is 32.0 Å². The molecule has 1 fully saturated rings. The summed E-state index contributed by atoms with van der Waals surface area (Å²) < 4.78 is 11.5. The molecule has 0 aromatic heterocycles. The number of nitrogens with one attached hydrogen (secondary N) is 1. The number of carbonyl (C=O) groups is 1. The summed E-state index contributed by atoms with van der Waals surface area (Å²) in [4.78, 5) is 11.0. The van der Waals surface area contributed by atoms with Crippen molar-refractivity contribution < 1.29 is 19.4 Å². The van der Waals surface area contributed by atoms with Crippen LogP contribution in [0.1, 0.15) is 41.8 Å². The van der Waals surface area contributed by atoms with Crippen molar-refractivity contribution in [3.8, 4) is 11.5 Å². The summed E-state index contributed by atoms with van der Waals surface area (Å²) in [6.45, 7) is 7.42. The lowest BCUT2D eigenvalue weighted by molar-refractivity contribution is -0.138. The van der Waals surface area contributed by atoms with Crippen LogP contribution in [0.2, 0.25) is 0 Å². The van der Waals surface area contributed by atoms with Crippen molar-refractivity contribution in [1.82, 2.24) is 5.32 Å². The van der Waals surface area contributed by atoms with E-state index >= 15 is 0 Å². The molecule has 6 heteroatoms. The quantitative estimate of drug-likeness (QED) is 0.641. The number of aryl methyl sites for hydroxylation is 1. The second-order valence-electron chi connectivity index (χ2n) is 7.21. The van der Waals surface area contributed by atoms with E-state index in [1.807, 2.05) is 30.3 Å². The van der Waals surface area contributed by atoms with Crippen molar-refractivity contribution >= 4 is 17.7 Å². The Morgan fingerprint density at radius 1 is 1.14 bits per heavy atom. The average Bonchev–Trinajstić information content (AvgIpc) is 3.16. The largest absolute Gasteiger partial charge is 0.490 e. The third-order valence-corrected chi connectivity index (χ3v) is 6.01. The number of benzene rings is 2. The SMILES string of the molecule is Cc1cc(OCCOc2ccc(C3NC(C(=O)O)CS3)cc2)ccc1C(C)C. The highest BCUT2D eigenvalue weighted by Crippen LogP contribution is 2.33. The first-order valence-corrected chi connectivity index (χ1v) is 10.6. The van der Waals surface area contributed by atoms with E-state index in [0.717, 1.165) is 17.1 Å². The highest BCUT2D eigenvalue weighted by molar-refractivity contribution is 7.99. The Morgan fingerprint density at radius 3 is 2.36 bits per heavy atom. The predicted molar refractivity (Wildman–Crippen MR) is 112 cm³/mol. The van der Waals surface area contributed by atoms with Crippen LogP contribution in [0.15, 0.2) is 42.5 Å². The van der Waals surface area contributed by atoms with Crippen LogP contribution < -0.4 is 14.8 Å². The van der Waals surface area contributed by atoms with E-state index in [4.69, 9.17) is 14.6 Å². The van der Waals surface area contributed by atoms with Gasteiger partial charge in [0.05, 0.1) is 5.37 Å². The Morgan fingerprint density at radius 2 is 1.79 bits per heavy atom. The van der Waals surface area contributed by atoms with Crippen LogP contribution in [0.4, 0.5) is 0 Å². The van der Waals surface area contributed by atoms with Crippen molar-refractivity contribution in [2.75, 3.05) is 19.0 Å². The molecule has 150 valence electrons. The second kappa shape index (κ2) is 9.34. The molecule has 2 N–H and O–H groups in total. The maximum atomic E-state index is 11.0. The van der Waals surface area contributed by atoms with Crippen molar-refractivity contribution in [2.24, 2.45) is 0 Å². The van der Waals surface area contributed by atoms with Gasteiger partial charge in [-0.25, -0.2) is 0 Å².